The van der Waals surface area contributed by atoms with Crippen molar-refractivity contribution in [2.75, 3.05) is 18.1 Å². The van der Waals surface area contributed by atoms with Gasteiger partial charge in [0, 0.05) is 6.26 Å². The van der Waals surface area contributed by atoms with Crippen molar-refractivity contribution in [2.45, 2.75) is 36.6 Å². The largest absolute Gasteiger partial charge is 0.324 e. The molecule has 2 N–H and O–H groups in total. The SMILES string of the molecule is CS(=O)(=O)c1ccccc1NC(=O)C1CCCCCN1. The van der Waals surface area contributed by atoms with Crippen molar-refractivity contribution in [1.82, 2.24) is 5.32 Å². The van der Waals surface area contributed by atoms with Gasteiger partial charge in [-0.15, -0.1) is 0 Å². The number of carbonyl (C=O) groups is 1. The Morgan fingerprint density at radius 3 is 2.75 bits per heavy atom. The first-order valence-electron chi connectivity index (χ1n) is 6.82. The molecule has 1 atom stereocenters. The molecule has 0 radical (unpaired) electrons. The molecule has 20 heavy (non-hydrogen) atoms. The van der Waals surface area contributed by atoms with Crippen LogP contribution in [-0.2, 0) is 14.6 Å². The molecular weight excluding hydrogens is 276 g/mol. The Bertz CT molecular complexity index is 576. The molecule has 0 bridgehead atoms. The number of nitrogens with one attached hydrogen (secondary N) is 2. The lowest BCUT2D eigenvalue weighted by Gasteiger charge is -2.16. The molecule has 0 spiro atoms. The van der Waals surface area contributed by atoms with E-state index in [0.717, 1.165) is 38.5 Å². The van der Waals surface area contributed by atoms with Crippen LogP contribution in [0.3, 0.4) is 0 Å². The zero-order valence-electron chi connectivity index (χ0n) is 11.6. The molecular formula is C14H20N2O3S. The number of anilines is 1. The fraction of sp³-hybridized carbons (Fsp3) is 0.500. The third-order valence-corrected chi connectivity index (χ3v) is 4.58. The molecule has 1 heterocycles. The van der Waals surface area contributed by atoms with Crippen LogP contribution in [0.4, 0.5) is 5.69 Å². The molecule has 5 nitrogen and oxygen atoms in total. The van der Waals surface area contributed by atoms with Crippen molar-refractivity contribution in [3.63, 3.8) is 0 Å². The lowest BCUT2D eigenvalue weighted by atomic mass is 10.1. The first-order valence-corrected chi connectivity index (χ1v) is 8.71. The third-order valence-electron chi connectivity index (χ3n) is 3.42. The molecule has 1 aliphatic heterocycles. The Morgan fingerprint density at radius 1 is 1.25 bits per heavy atom. The number of rotatable bonds is 3. The van der Waals surface area contributed by atoms with E-state index in [0.29, 0.717) is 5.69 Å². The molecule has 0 saturated carbocycles. The molecule has 1 amide bonds. The van der Waals surface area contributed by atoms with Crippen LogP contribution in [-0.4, -0.2) is 33.2 Å². The lowest BCUT2D eigenvalue weighted by Crippen LogP contribution is -2.40. The number of para-hydroxylation sites is 1. The smallest absolute Gasteiger partial charge is 0.241 e. The fourth-order valence-electron chi connectivity index (χ4n) is 2.37. The Labute approximate surface area is 119 Å². The number of amides is 1. The van der Waals surface area contributed by atoms with Crippen LogP contribution in [0.1, 0.15) is 25.7 Å². The highest BCUT2D eigenvalue weighted by atomic mass is 32.2. The van der Waals surface area contributed by atoms with Gasteiger partial charge in [-0.2, -0.15) is 0 Å². The minimum absolute atomic E-state index is 0.155. The molecule has 0 aromatic heterocycles. The monoisotopic (exact) mass is 296 g/mol. The zero-order valence-corrected chi connectivity index (χ0v) is 12.4. The molecule has 6 heteroatoms. The van der Waals surface area contributed by atoms with E-state index in [9.17, 15) is 13.2 Å². The highest BCUT2D eigenvalue weighted by Gasteiger charge is 2.21. The number of benzene rings is 1. The third kappa shape index (κ3) is 3.80. The topological polar surface area (TPSA) is 75.3 Å². The predicted molar refractivity (Wildman–Crippen MR) is 78.4 cm³/mol. The van der Waals surface area contributed by atoms with Crippen molar-refractivity contribution in [3.8, 4) is 0 Å². The van der Waals surface area contributed by atoms with Gasteiger partial charge in [-0.1, -0.05) is 25.0 Å². The second-order valence-electron chi connectivity index (χ2n) is 5.11. The van der Waals surface area contributed by atoms with Crippen molar-refractivity contribution >= 4 is 21.4 Å². The number of sulfone groups is 1. The first kappa shape index (κ1) is 15.0. The van der Waals surface area contributed by atoms with E-state index in [-0.39, 0.29) is 16.8 Å². The molecule has 1 unspecified atom stereocenters. The maximum atomic E-state index is 12.2. The van der Waals surface area contributed by atoms with Gasteiger partial charge in [0.15, 0.2) is 9.84 Å². The Kier molecular flexibility index (Phi) is 4.77. The standard InChI is InChI=1S/C14H20N2O3S/c1-20(18,19)13-9-5-4-7-11(13)16-14(17)12-8-3-2-6-10-15-12/h4-5,7,9,12,15H,2-3,6,8,10H2,1H3,(H,16,17). The van der Waals surface area contributed by atoms with Crippen LogP contribution in [0.25, 0.3) is 0 Å². The zero-order chi connectivity index (χ0) is 14.6. The maximum Gasteiger partial charge on any atom is 0.241 e. The number of hydrogen-bond donors (Lipinski definition) is 2. The van der Waals surface area contributed by atoms with Gasteiger partial charge in [-0.25, -0.2) is 8.42 Å². The minimum Gasteiger partial charge on any atom is -0.324 e. The summed E-state index contributed by atoms with van der Waals surface area (Å²) in [7, 11) is -3.35. The van der Waals surface area contributed by atoms with E-state index >= 15 is 0 Å². The van der Waals surface area contributed by atoms with Gasteiger partial charge in [0.1, 0.15) is 0 Å². The summed E-state index contributed by atoms with van der Waals surface area (Å²) in [4.78, 5) is 12.4. The van der Waals surface area contributed by atoms with E-state index in [1.54, 1.807) is 18.2 Å². The second kappa shape index (κ2) is 6.37. The molecule has 2 rings (SSSR count). The summed E-state index contributed by atoms with van der Waals surface area (Å²) in [5, 5.41) is 5.93. The average molecular weight is 296 g/mol. The summed E-state index contributed by atoms with van der Waals surface area (Å²) < 4.78 is 23.4. The summed E-state index contributed by atoms with van der Waals surface area (Å²) in [6, 6.07) is 6.24. The molecule has 1 aliphatic rings. The van der Waals surface area contributed by atoms with Gasteiger partial charge < -0.3 is 10.6 Å². The highest BCUT2D eigenvalue weighted by Crippen LogP contribution is 2.21. The second-order valence-corrected chi connectivity index (χ2v) is 7.10. The van der Waals surface area contributed by atoms with Crippen LogP contribution < -0.4 is 10.6 Å². The number of carbonyl (C=O) groups excluding carboxylic acids is 1. The van der Waals surface area contributed by atoms with Gasteiger partial charge >= 0.3 is 0 Å². The summed E-state index contributed by atoms with van der Waals surface area (Å²) in [6.45, 7) is 0.825. The van der Waals surface area contributed by atoms with Gasteiger partial charge in [0.25, 0.3) is 0 Å². The summed E-state index contributed by atoms with van der Waals surface area (Å²) in [6.07, 6.45) is 5.13. The van der Waals surface area contributed by atoms with Crippen LogP contribution >= 0.6 is 0 Å². The molecule has 1 aromatic rings. The van der Waals surface area contributed by atoms with Gasteiger partial charge in [-0.3, -0.25) is 4.79 Å². The number of hydrogen-bond acceptors (Lipinski definition) is 4. The van der Waals surface area contributed by atoms with Crippen molar-refractivity contribution < 1.29 is 13.2 Å². The molecule has 0 aliphatic carbocycles. The summed E-state index contributed by atoms with van der Waals surface area (Å²) >= 11 is 0. The quantitative estimate of drug-likeness (QED) is 0.887. The van der Waals surface area contributed by atoms with E-state index in [4.69, 9.17) is 0 Å². The van der Waals surface area contributed by atoms with Crippen LogP contribution in [0.5, 0.6) is 0 Å². The van der Waals surface area contributed by atoms with Crippen molar-refractivity contribution in [3.05, 3.63) is 24.3 Å². The normalized spacial score (nSPS) is 20.1. The Morgan fingerprint density at radius 2 is 2.00 bits per heavy atom. The maximum absolute atomic E-state index is 12.2. The average Bonchev–Trinajstić information content (AvgIpc) is 2.67. The first-order chi connectivity index (χ1) is 9.48. The van der Waals surface area contributed by atoms with Crippen LogP contribution in [0.15, 0.2) is 29.2 Å². The van der Waals surface area contributed by atoms with E-state index in [1.165, 1.54) is 6.07 Å². The fourth-order valence-corrected chi connectivity index (χ4v) is 3.21. The minimum atomic E-state index is -3.35. The summed E-state index contributed by atoms with van der Waals surface area (Å²) in [5.74, 6) is -0.164. The summed E-state index contributed by atoms with van der Waals surface area (Å²) in [5.41, 5.74) is 0.353. The lowest BCUT2D eigenvalue weighted by molar-refractivity contribution is -0.118. The molecule has 1 saturated heterocycles. The van der Waals surface area contributed by atoms with E-state index in [2.05, 4.69) is 10.6 Å². The van der Waals surface area contributed by atoms with Gasteiger partial charge in [0.05, 0.1) is 16.6 Å². The van der Waals surface area contributed by atoms with Gasteiger partial charge in [-0.05, 0) is 31.5 Å². The molecule has 1 aromatic carbocycles. The molecule has 110 valence electrons. The van der Waals surface area contributed by atoms with Crippen LogP contribution in [0, 0.1) is 0 Å². The predicted octanol–water partition coefficient (Wildman–Crippen LogP) is 1.56. The Hall–Kier alpha value is -1.40. The van der Waals surface area contributed by atoms with Crippen molar-refractivity contribution in [1.29, 1.82) is 0 Å². The highest BCUT2D eigenvalue weighted by molar-refractivity contribution is 7.90. The Balaban J connectivity index is 2.15. The van der Waals surface area contributed by atoms with Gasteiger partial charge in [0.2, 0.25) is 5.91 Å². The molecule has 1 fully saturated rings. The van der Waals surface area contributed by atoms with E-state index < -0.39 is 9.84 Å². The van der Waals surface area contributed by atoms with E-state index in [1.807, 2.05) is 0 Å². The van der Waals surface area contributed by atoms with Crippen molar-refractivity contribution in [2.24, 2.45) is 0 Å². The van der Waals surface area contributed by atoms with Crippen LogP contribution in [0.2, 0.25) is 0 Å².